The van der Waals surface area contributed by atoms with Gasteiger partial charge in [-0.1, -0.05) is 19.1 Å². The highest BCUT2D eigenvalue weighted by molar-refractivity contribution is 5.39. The highest BCUT2D eigenvalue weighted by atomic mass is 19.3. The number of benzene rings is 2. The zero-order chi connectivity index (χ0) is 23.5. The molecule has 0 spiro atoms. The van der Waals surface area contributed by atoms with Gasteiger partial charge in [0.25, 0.3) is 0 Å². The van der Waals surface area contributed by atoms with Crippen molar-refractivity contribution < 1.29 is 31.1 Å². The fourth-order valence-electron chi connectivity index (χ4n) is 3.99. The molecule has 2 aromatic rings. The lowest BCUT2D eigenvalue weighted by molar-refractivity contribution is -0.189. The van der Waals surface area contributed by atoms with Gasteiger partial charge in [0, 0.05) is 12.1 Å². The lowest BCUT2D eigenvalue weighted by atomic mass is 9.78. The summed E-state index contributed by atoms with van der Waals surface area (Å²) in [5.41, 5.74) is -2.35. The molecule has 0 aliphatic heterocycles. The molecular weight excluding hydrogens is 432 g/mol. The van der Waals surface area contributed by atoms with Gasteiger partial charge in [-0.05, 0) is 61.6 Å². The number of rotatable bonds is 6. The van der Waals surface area contributed by atoms with Crippen LogP contribution in [0.2, 0.25) is 0 Å². The van der Waals surface area contributed by atoms with Crippen molar-refractivity contribution in [2.75, 3.05) is 0 Å². The molecule has 0 bridgehead atoms. The molecule has 2 aromatic carbocycles. The van der Waals surface area contributed by atoms with Gasteiger partial charge in [-0.3, -0.25) is 0 Å². The van der Waals surface area contributed by atoms with Gasteiger partial charge in [-0.15, -0.1) is 0 Å². The summed E-state index contributed by atoms with van der Waals surface area (Å²) < 4.78 is 89.8. The van der Waals surface area contributed by atoms with E-state index in [0.29, 0.717) is 30.9 Å². The molecule has 0 unspecified atom stereocenters. The minimum absolute atomic E-state index is 0.157. The first-order chi connectivity index (χ1) is 15.2. The van der Waals surface area contributed by atoms with Crippen LogP contribution in [0.25, 0.3) is 0 Å². The third-order valence-corrected chi connectivity index (χ3v) is 5.62. The summed E-state index contributed by atoms with van der Waals surface area (Å²) in [4.78, 5) is 0. The first-order valence-corrected chi connectivity index (χ1v) is 10.3. The Morgan fingerprint density at radius 1 is 0.969 bits per heavy atom. The summed E-state index contributed by atoms with van der Waals surface area (Å²) >= 11 is 0. The first-order valence-electron chi connectivity index (χ1n) is 10.3. The van der Waals surface area contributed by atoms with E-state index in [4.69, 9.17) is 5.26 Å². The van der Waals surface area contributed by atoms with E-state index < -0.39 is 46.3 Å². The Kier molecular flexibility index (Phi) is 7.17. The Labute approximate surface area is 182 Å². The third-order valence-electron chi connectivity index (χ3n) is 5.62. The fraction of sp³-hybridized carbons (Fsp3) is 0.375. The Hall–Kier alpha value is -2.95. The topological polar surface area (TPSA) is 33.0 Å². The van der Waals surface area contributed by atoms with Gasteiger partial charge in [-0.2, -0.15) is 14.0 Å². The number of ether oxygens (including phenoxy) is 1. The van der Waals surface area contributed by atoms with E-state index in [0.717, 1.165) is 31.4 Å². The minimum Gasteiger partial charge on any atom is -0.429 e. The van der Waals surface area contributed by atoms with Crippen molar-refractivity contribution in [3.8, 4) is 11.8 Å². The number of nitriles is 1. The van der Waals surface area contributed by atoms with E-state index in [2.05, 4.69) is 16.9 Å². The lowest BCUT2D eigenvalue weighted by Gasteiger charge is -2.28. The molecule has 0 radical (unpaired) electrons. The van der Waals surface area contributed by atoms with Crippen LogP contribution in [0, 0.1) is 40.5 Å². The van der Waals surface area contributed by atoms with E-state index in [1.165, 1.54) is 6.07 Å². The average Bonchev–Trinajstić information content (AvgIpc) is 2.71. The normalized spacial score (nSPS) is 19.2. The van der Waals surface area contributed by atoms with Crippen LogP contribution in [0.3, 0.4) is 0 Å². The van der Waals surface area contributed by atoms with E-state index in [-0.39, 0.29) is 11.5 Å². The number of alkyl halides is 2. The number of hydrogen-bond acceptors (Lipinski definition) is 2. The molecule has 0 heterocycles. The standard InChI is InChI=1S/C24H21F6NO/c1-2-3-4-14-5-7-15(8-6-14)16-9-21(27)23(22(28)10-16)24(29,30)32-17-11-19(25)18(13-31)20(26)12-17/h3-4,9-12,14-15H,2,5-8H2,1H3/b4-3+. The average molecular weight is 453 g/mol. The zero-order valence-corrected chi connectivity index (χ0v) is 17.3. The number of halogens is 6. The van der Waals surface area contributed by atoms with Crippen molar-refractivity contribution in [1.29, 1.82) is 5.26 Å². The monoisotopic (exact) mass is 453 g/mol. The van der Waals surface area contributed by atoms with Gasteiger partial charge in [0.2, 0.25) is 0 Å². The lowest BCUT2D eigenvalue weighted by Crippen LogP contribution is -2.26. The minimum atomic E-state index is -4.54. The Balaban J connectivity index is 1.81. The van der Waals surface area contributed by atoms with E-state index in [1.54, 1.807) is 0 Å². The summed E-state index contributed by atoms with van der Waals surface area (Å²) in [5.74, 6) is -6.65. The molecular formula is C24H21F6NO. The van der Waals surface area contributed by atoms with Crippen LogP contribution in [-0.4, -0.2) is 0 Å². The molecule has 1 aliphatic rings. The number of nitrogens with zero attached hydrogens (tertiary/aromatic N) is 1. The van der Waals surface area contributed by atoms with E-state index in [9.17, 15) is 26.3 Å². The molecule has 0 saturated heterocycles. The Morgan fingerprint density at radius 3 is 2.03 bits per heavy atom. The summed E-state index contributed by atoms with van der Waals surface area (Å²) in [6.07, 6.45) is 3.61. The van der Waals surface area contributed by atoms with Gasteiger partial charge < -0.3 is 4.74 Å². The maximum Gasteiger partial charge on any atom is 0.432 e. The summed E-state index contributed by atoms with van der Waals surface area (Å²) in [6, 6.07) is 3.67. The van der Waals surface area contributed by atoms with Crippen LogP contribution in [-0.2, 0) is 6.11 Å². The predicted octanol–water partition coefficient (Wildman–Crippen LogP) is 7.48. The van der Waals surface area contributed by atoms with Gasteiger partial charge in [-0.25, -0.2) is 17.6 Å². The second-order valence-electron chi connectivity index (χ2n) is 7.80. The molecule has 0 amide bonds. The summed E-state index contributed by atoms with van der Waals surface area (Å²) in [6.45, 7) is 2.03. The van der Waals surface area contributed by atoms with E-state index >= 15 is 0 Å². The molecule has 8 heteroatoms. The highest BCUT2D eigenvalue weighted by Gasteiger charge is 2.42. The molecule has 1 saturated carbocycles. The Morgan fingerprint density at radius 2 is 1.53 bits per heavy atom. The molecule has 0 N–H and O–H groups in total. The summed E-state index contributed by atoms with van der Waals surface area (Å²) in [5, 5.41) is 8.64. The fourth-order valence-corrected chi connectivity index (χ4v) is 3.99. The van der Waals surface area contributed by atoms with Crippen LogP contribution in [0.4, 0.5) is 26.3 Å². The summed E-state index contributed by atoms with van der Waals surface area (Å²) in [7, 11) is 0. The predicted molar refractivity (Wildman–Crippen MR) is 106 cm³/mol. The third kappa shape index (κ3) is 5.09. The highest BCUT2D eigenvalue weighted by Crippen LogP contribution is 2.40. The largest absolute Gasteiger partial charge is 0.432 e. The van der Waals surface area contributed by atoms with Crippen molar-refractivity contribution in [3.05, 3.63) is 76.4 Å². The second-order valence-corrected chi connectivity index (χ2v) is 7.80. The maximum absolute atomic E-state index is 14.6. The van der Waals surface area contributed by atoms with Gasteiger partial charge in [0.1, 0.15) is 46.2 Å². The SMILES string of the molecule is CC/C=C/C1CCC(c2cc(F)c(C(F)(F)Oc3cc(F)c(C#N)c(F)c3)c(F)c2)CC1. The van der Waals surface area contributed by atoms with Gasteiger partial charge in [0.15, 0.2) is 0 Å². The van der Waals surface area contributed by atoms with Gasteiger partial charge >= 0.3 is 6.11 Å². The quantitative estimate of drug-likeness (QED) is 0.336. The molecule has 1 fully saturated rings. The second kappa shape index (κ2) is 9.68. The zero-order valence-electron chi connectivity index (χ0n) is 17.3. The number of hydrogen-bond donors (Lipinski definition) is 0. The number of allylic oxidation sites excluding steroid dienone is 2. The van der Waals surface area contributed by atoms with Crippen molar-refractivity contribution >= 4 is 0 Å². The molecule has 170 valence electrons. The van der Waals surface area contributed by atoms with Crippen molar-refractivity contribution in [2.45, 2.75) is 51.1 Å². The smallest absolute Gasteiger partial charge is 0.429 e. The van der Waals surface area contributed by atoms with Crippen molar-refractivity contribution in [3.63, 3.8) is 0 Å². The van der Waals surface area contributed by atoms with Crippen LogP contribution < -0.4 is 4.74 Å². The van der Waals surface area contributed by atoms with E-state index in [1.807, 2.05) is 6.92 Å². The van der Waals surface area contributed by atoms with Crippen molar-refractivity contribution in [2.24, 2.45) is 5.92 Å². The molecule has 3 rings (SSSR count). The van der Waals surface area contributed by atoms with Crippen LogP contribution in [0.15, 0.2) is 36.4 Å². The molecule has 0 atom stereocenters. The molecule has 0 aromatic heterocycles. The van der Waals surface area contributed by atoms with Crippen LogP contribution in [0.1, 0.15) is 61.6 Å². The van der Waals surface area contributed by atoms with Crippen LogP contribution in [0.5, 0.6) is 5.75 Å². The Bertz CT molecular complexity index is 1000. The molecule has 1 aliphatic carbocycles. The molecule has 2 nitrogen and oxygen atoms in total. The first kappa shape index (κ1) is 23.7. The van der Waals surface area contributed by atoms with Crippen molar-refractivity contribution in [1.82, 2.24) is 0 Å². The maximum atomic E-state index is 14.6. The molecule has 32 heavy (non-hydrogen) atoms. The van der Waals surface area contributed by atoms with Crippen LogP contribution >= 0.6 is 0 Å². The van der Waals surface area contributed by atoms with Gasteiger partial charge in [0.05, 0.1) is 0 Å².